The number of ketones is 1. The fraction of sp³-hybridized carbons (Fsp3) is 0.812. The first-order valence-corrected chi connectivity index (χ1v) is 23.4. The molecule has 1 amide bonds. The maximum atomic E-state index is 14.5. The van der Waals surface area contributed by atoms with E-state index in [-0.39, 0.29) is 50.5 Å². The minimum absolute atomic E-state index is 0.0510. The Morgan fingerprint density at radius 1 is 0.894 bits per heavy atom. The quantitative estimate of drug-likeness (QED) is 0.216. The lowest BCUT2D eigenvalue weighted by molar-refractivity contribution is -0.319. The summed E-state index contributed by atoms with van der Waals surface area (Å²) in [5.74, 6) is -3.41. The number of ether oxygens (including phenoxy) is 10. The Bertz CT molecular complexity index is 1800. The Morgan fingerprint density at radius 3 is 2.18 bits per heavy atom. The number of cyclic esters (lactones) is 1. The number of carbonyl (C=O) groups excluding carboxylic acids is 3. The molecule has 3 fully saturated rings. The molecule has 376 valence electrons. The van der Waals surface area contributed by atoms with Gasteiger partial charge < -0.3 is 72.9 Å². The van der Waals surface area contributed by atoms with E-state index in [1.165, 1.54) is 21.1 Å². The van der Waals surface area contributed by atoms with Crippen LogP contribution >= 0.6 is 0 Å². The van der Waals surface area contributed by atoms with Gasteiger partial charge in [-0.25, -0.2) is 4.79 Å². The number of alkyl carbamates (subject to hydrolysis) is 1. The second kappa shape index (κ2) is 22.1. The number of fused-ring (bicyclic) bond motifs is 1. The van der Waals surface area contributed by atoms with Crippen molar-refractivity contribution in [2.45, 2.75) is 186 Å². The average molecular weight is 939 g/mol. The second-order valence-corrected chi connectivity index (χ2v) is 19.9. The van der Waals surface area contributed by atoms with Crippen molar-refractivity contribution >= 4 is 17.8 Å². The summed E-state index contributed by atoms with van der Waals surface area (Å²) in [7, 11) is 6.75. The lowest BCUT2D eigenvalue weighted by Gasteiger charge is -2.50. The van der Waals surface area contributed by atoms with Gasteiger partial charge in [0.2, 0.25) is 6.79 Å². The number of hydrogen-bond acceptors (Lipinski definition) is 17. The largest absolute Gasteiger partial charge is 0.459 e. The van der Waals surface area contributed by atoms with E-state index in [0.717, 1.165) is 5.56 Å². The molecule has 4 aliphatic rings. The number of Topliss-reactive ketones (excluding diaryl/α,β-unsaturated/α-hetero) is 1. The van der Waals surface area contributed by atoms with Crippen molar-refractivity contribution in [3.8, 4) is 11.5 Å². The summed E-state index contributed by atoms with van der Waals surface area (Å²) in [6.07, 6.45) is -9.52. The van der Waals surface area contributed by atoms with E-state index < -0.39 is 108 Å². The smallest absolute Gasteiger partial charge is 0.407 e. The molecule has 18 atom stereocenters. The number of nitrogens with one attached hydrogen (secondary N) is 1. The molecule has 18 heteroatoms. The molecule has 66 heavy (non-hydrogen) atoms. The second-order valence-electron chi connectivity index (χ2n) is 19.9. The van der Waals surface area contributed by atoms with Crippen LogP contribution in [0.5, 0.6) is 11.5 Å². The van der Waals surface area contributed by atoms with Crippen molar-refractivity contribution in [1.82, 2.24) is 10.2 Å². The normalized spacial score (nSPS) is 41.5. The molecule has 5 rings (SSSR count). The number of amides is 1. The van der Waals surface area contributed by atoms with E-state index in [1.807, 2.05) is 51.0 Å². The fourth-order valence-electron chi connectivity index (χ4n) is 10.4. The Morgan fingerprint density at radius 2 is 1.55 bits per heavy atom. The van der Waals surface area contributed by atoms with Crippen molar-refractivity contribution in [3.05, 3.63) is 23.8 Å². The molecule has 0 aromatic heterocycles. The summed E-state index contributed by atoms with van der Waals surface area (Å²) in [4.78, 5) is 43.8. The van der Waals surface area contributed by atoms with E-state index in [0.29, 0.717) is 24.3 Å². The average Bonchev–Trinajstić information content (AvgIpc) is 3.75. The number of rotatable bonds is 12. The van der Waals surface area contributed by atoms with Crippen LogP contribution in [0.3, 0.4) is 0 Å². The first kappa shape index (κ1) is 53.8. The van der Waals surface area contributed by atoms with Gasteiger partial charge in [0.15, 0.2) is 30.2 Å². The highest BCUT2D eigenvalue weighted by atomic mass is 16.7. The van der Waals surface area contributed by atoms with Crippen LogP contribution in [0.25, 0.3) is 0 Å². The van der Waals surface area contributed by atoms with Crippen molar-refractivity contribution in [1.29, 1.82) is 0 Å². The third-order valence-corrected chi connectivity index (χ3v) is 14.6. The Balaban J connectivity index is 1.47. The molecule has 18 nitrogen and oxygen atoms in total. The predicted octanol–water partition coefficient (Wildman–Crippen LogP) is 4.15. The van der Waals surface area contributed by atoms with Gasteiger partial charge >= 0.3 is 12.1 Å². The Kier molecular flexibility index (Phi) is 18.0. The number of hydrogen-bond donors (Lipinski definition) is 4. The van der Waals surface area contributed by atoms with Gasteiger partial charge in [-0.1, -0.05) is 33.8 Å². The number of aliphatic hydroxyl groups is 3. The molecule has 0 bridgehead atoms. The molecule has 4 heterocycles. The van der Waals surface area contributed by atoms with E-state index in [2.05, 4.69) is 5.32 Å². The molecule has 4 aliphatic heterocycles. The zero-order valence-corrected chi connectivity index (χ0v) is 41.4. The maximum Gasteiger partial charge on any atom is 0.407 e. The lowest BCUT2D eigenvalue weighted by Crippen LogP contribution is -2.62. The number of carbonyl (C=O) groups is 3. The van der Waals surface area contributed by atoms with E-state index in [9.17, 15) is 29.7 Å². The molecule has 0 spiro atoms. The van der Waals surface area contributed by atoms with Crippen molar-refractivity contribution in [2.75, 3.05) is 41.7 Å². The van der Waals surface area contributed by atoms with Crippen LogP contribution in [-0.4, -0.2) is 164 Å². The minimum Gasteiger partial charge on any atom is -0.459 e. The van der Waals surface area contributed by atoms with E-state index in [1.54, 1.807) is 48.5 Å². The highest BCUT2D eigenvalue weighted by Gasteiger charge is 2.55. The third kappa shape index (κ3) is 11.8. The Labute approximate surface area is 390 Å². The molecule has 0 unspecified atom stereocenters. The van der Waals surface area contributed by atoms with Crippen molar-refractivity contribution in [2.24, 2.45) is 23.7 Å². The number of benzene rings is 1. The van der Waals surface area contributed by atoms with Gasteiger partial charge in [0.1, 0.15) is 29.2 Å². The summed E-state index contributed by atoms with van der Waals surface area (Å²) in [5.41, 5.74) is -3.52. The first-order valence-electron chi connectivity index (χ1n) is 23.4. The molecule has 1 aromatic carbocycles. The Hall–Kier alpha value is -3.17. The van der Waals surface area contributed by atoms with Crippen LogP contribution in [0, 0.1) is 23.7 Å². The van der Waals surface area contributed by atoms with Gasteiger partial charge in [0.05, 0.1) is 42.0 Å². The van der Waals surface area contributed by atoms with Crippen LogP contribution < -0.4 is 14.8 Å². The third-order valence-electron chi connectivity index (χ3n) is 14.6. The summed E-state index contributed by atoms with van der Waals surface area (Å²) in [6.45, 7) is 17.5. The van der Waals surface area contributed by atoms with Gasteiger partial charge in [0.25, 0.3) is 0 Å². The predicted molar refractivity (Wildman–Crippen MR) is 240 cm³/mol. The van der Waals surface area contributed by atoms with Gasteiger partial charge in [-0.05, 0) is 99.0 Å². The number of methoxy groups -OCH3 is 2. The molecule has 0 saturated carbocycles. The first-order chi connectivity index (χ1) is 30.9. The lowest BCUT2D eigenvalue weighted by atomic mass is 9.74. The van der Waals surface area contributed by atoms with Crippen molar-refractivity contribution in [3.63, 3.8) is 0 Å². The molecule has 1 aromatic rings. The minimum atomic E-state index is -2.01. The van der Waals surface area contributed by atoms with Crippen LogP contribution in [0.1, 0.15) is 100 Å². The highest BCUT2D eigenvalue weighted by Crippen LogP contribution is 2.42. The van der Waals surface area contributed by atoms with E-state index >= 15 is 0 Å². The molecular formula is C48H78N2O16. The molecule has 0 radical (unpaired) electrons. The molecule has 3 saturated heterocycles. The SMILES string of the molecule is CC[C@H]1OC(=O)[C@H](C)[C@@H](O[C@H]2C[C@@](C)(OC)[C@@H](OC(=O)NCCc3ccc4c(c3)OCO4)[C@H](C)O2)[C@H](C)[C@@H](O[C@@H]2O[C@H](C)C[C@H](N(C)C)[C@H]2O)[C@](C)(OC)C[C@@H](C)C(=O)[C@H](C)[C@@H](O)[C@]1(C)O. The number of esters is 1. The zero-order valence-electron chi connectivity index (χ0n) is 41.4. The molecule has 0 aliphatic carbocycles. The summed E-state index contributed by atoms with van der Waals surface area (Å²) in [5, 5.41) is 37.9. The summed E-state index contributed by atoms with van der Waals surface area (Å²) < 4.78 is 61.9. The number of aliphatic hydroxyl groups excluding tert-OH is 2. The maximum absolute atomic E-state index is 14.5. The van der Waals surface area contributed by atoms with Gasteiger partial charge in [-0.3, -0.25) is 9.59 Å². The van der Waals surface area contributed by atoms with Crippen LogP contribution in [0.4, 0.5) is 4.79 Å². The van der Waals surface area contributed by atoms with Gasteiger partial charge in [-0.2, -0.15) is 0 Å². The van der Waals surface area contributed by atoms with E-state index in [4.69, 9.17) is 47.4 Å². The number of likely N-dealkylation sites (N-methyl/N-ethyl adjacent to an activating group) is 1. The van der Waals surface area contributed by atoms with Gasteiger partial charge in [0, 0.05) is 51.0 Å². The molecular weight excluding hydrogens is 861 g/mol. The highest BCUT2D eigenvalue weighted by molar-refractivity contribution is 5.83. The topological polar surface area (TPSA) is 219 Å². The zero-order chi connectivity index (χ0) is 49.1. The summed E-state index contributed by atoms with van der Waals surface area (Å²) in [6, 6.07) is 5.29. The van der Waals surface area contributed by atoms with Crippen LogP contribution in [0.2, 0.25) is 0 Å². The van der Waals surface area contributed by atoms with Crippen molar-refractivity contribution < 1.29 is 77.1 Å². The monoisotopic (exact) mass is 939 g/mol. The molecule has 4 N–H and O–H groups in total. The van der Waals surface area contributed by atoms with Crippen LogP contribution in [-0.2, 0) is 53.9 Å². The standard InChI is InChI=1S/C48H78N2O16/c1-15-35-48(10,56)40(53)27(4)37(51)25(2)22-46(8,57-13)41(65-44-38(52)32(50(11)12)20-26(3)61-44)28(5)39(29(6)43(54)63-35)64-36-23-47(9,58-14)42(30(7)62-36)66-45(55)49-19-18-31-16-17-33-34(21-31)60-24-59-33/h16-17,21,25-30,32,35-36,38-42,44,52-53,56H,15,18-20,22-24H2,1-14H3,(H,49,55)/t25-,26-,27+,28+,29-,30+,32+,35-,36+,38-,39+,40-,41-,42+,44+,46-,47-,48-/m1/s1. The fourth-order valence-corrected chi connectivity index (χ4v) is 10.4. The number of nitrogens with zero attached hydrogens (tertiary/aromatic N) is 1. The van der Waals surface area contributed by atoms with Gasteiger partial charge in [-0.15, -0.1) is 0 Å². The van der Waals surface area contributed by atoms with Crippen LogP contribution in [0.15, 0.2) is 18.2 Å². The summed E-state index contributed by atoms with van der Waals surface area (Å²) >= 11 is 0.